The minimum atomic E-state index is -0.218. The van der Waals surface area contributed by atoms with E-state index in [-0.39, 0.29) is 17.8 Å². The number of hydrogen-bond acceptors (Lipinski definition) is 1. The van der Waals surface area contributed by atoms with Crippen molar-refractivity contribution in [2.75, 3.05) is 5.88 Å². The highest BCUT2D eigenvalue weighted by molar-refractivity contribution is 6.30. The number of benzene rings is 2. The monoisotopic (exact) mass is 293 g/mol. The molecule has 0 aliphatic carbocycles. The maximum absolute atomic E-state index is 11.6. The van der Waals surface area contributed by atoms with Crippen LogP contribution in [-0.4, -0.2) is 11.8 Å². The molecular formula is C15H13Cl2NO. The molecule has 0 heterocycles. The Hall–Kier alpha value is -1.51. The first-order valence-electron chi connectivity index (χ1n) is 5.86. The lowest BCUT2D eigenvalue weighted by molar-refractivity contribution is -0.119. The summed E-state index contributed by atoms with van der Waals surface area (Å²) in [6, 6.07) is 16.9. The second kappa shape index (κ2) is 6.60. The number of hydrogen-bond donors (Lipinski definition) is 1. The van der Waals surface area contributed by atoms with E-state index in [0.717, 1.165) is 11.1 Å². The fraction of sp³-hybridized carbons (Fsp3) is 0.133. The molecule has 2 rings (SSSR count). The van der Waals surface area contributed by atoms with Gasteiger partial charge in [-0.05, 0) is 23.3 Å². The van der Waals surface area contributed by atoms with Crippen LogP contribution in [0.15, 0.2) is 54.6 Å². The summed E-state index contributed by atoms with van der Waals surface area (Å²) in [5, 5.41) is 3.57. The summed E-state index contributed by atoms with van der Waals surface area (Å²) in [6.45, 7) is 0. The van der Waals surface area contributed by atoms with Crippen LogP contribution in [0.1, 0.15) is 17.2 Å². The molecule has 1 unspecified atom stereocenters. The summed E-state index contributed by atoms with van der Waals surface area (Å²) >= 11 is 11.4. The molecule has 1 N–H and O–H groups in total. The minimum absolute atomic E-state index is 0.0586. The zero-order chi connectivity index (χ0) is 13.7. The number of halogens is 2. The number of carbonyl (C=O) groups is 1. The molecule has 4 heteroatoms. The number of amides is 1. The Labute approximate surface area is 122 Å². The van der Waals surface area contributed by atoms with Crippen LogP contribution >= 0.6 is 23.2 Å². The van der Waals surface area contributed by atoms with Crippen molar-refractivity contribution in [2.24, 2.45) is 0 Å². The van der Waals surface area contributed by atoms with Gasteiger partial charge in [0.2, 0.25) is 5.91 Å². The number of rotatable bonds is 4. The lowest BCUT2D eigenvalue weighted by Crippen LogP contribution is -2.30. The highest BCUT2D eigenvalue weighted by Crippen LogP contribution is 2.23. The zero-order valence-corrected chi connectivity index (χ0v) is 11.7. The first kappa shape index (κ1) is 13.9. The average molecular weight is 294 g/mol. The van der Waals surface area contributed by atoms with Crippen molar-refractivity contribution in [3.8, 4) is 0 Å². The highest BCUT2D eigenvalue weighted by atomic mass is 35.5. The maximum atomic E-state index is 11.6. The van der Waals surface area contributed by atoms with Crippen LogP contribution in [0.3, 0.4) is 0 Å². The van der Waals surface area contributed by atoms with E-state index in [1.165, 1.54) is 0 Å². The van der Waals surface area contributed by atoms with Crippen molar-refractivity contribution in [2.45, 2.75) is 6.04 Å². The first-order chi connectivity index (χ1) is 9.20. The number of carbonyl (C=O) groups excluding carboxylic acids is 1. The van der Waals surface area contributed by atoms with Gasteiger partial charge in [-0.1, -0.05) is 54.1 Å². The molecule has 0 fully saturated rings. The van der Waals surface area contributed by atoms with Crippen molar-refractivity contribution >= 4 is 29.1 Å². The van der Waals surface area contributed by atoms with Gasteiger partial charge in [0.25, 0.3) is 0 Å². The van der Waals surface area contributed by atoms with Crippen LogP contribution in [0.5, 0.6) is 0 Å². The number of alkyl halides is 1. The van der Waals surface area contributed by atoms with E-state index in [9.17, 15) is 4.79 Å². The largest absolute Gasteiger partial charge is 0.344 e. The van der Waals surface area contributed by atoms with Gasteiger partial charge in [-0.15, -0.1) is 11.6 Å². The lowest BCUT2D eigenvalue weighted by atomic mass is 9.99. The van der Waals surface area contributed by atoms with Crippen LogP contribution in [-0.2, 0) is 4.79 Å². The van der Waals surface area contributed by atoms with Crippen LogP contribution < -0.4 is 5.32 Å². The molecule has 0 bridgehead atoms. The van der Waals surface area contributed by atoms with Crippen molar-refractivity contribution in [3.05, 3.63) is 70.7 Å². The molecule has 2 nitrogen and oxygen atoms in total. The molecule has 2 aromatic carbocycles. The van der Waals surface area contributed by atoms with Gasteiger partial charge < -0.3 is 5.32 Å². The Kier molecular flexibility index (Phi) is 4.83. The molecule has 0 saturated carbocycles. The smallest absolute Gasteiger partial charge is 0.235 e. The van der Waals surface area contributed by atoms with Gasteiger partial charge in [0.05, 0.1) is 6.04 Å². The standard InChI is InChI=1S/C15H13Cl2NO/c16-10-14(19)18-15(11-4-2-1-3-5-11)12-6-8-13(17)9-7-12/h1-9,15H,10H2,(H,18,19). The van der Waals surface area contributed by atoms with Crippen molar-refractivity contribution < 1.29 is 4.79 Å². The quantitative estimate of drug-likeness (QED) is 0.854. The van der Waals surface area contributed by atoms with Gasteiger partial charge >= 0.3 is 0 Å². The van der Waals surface area contributed by atoms with Crippen LogP contribution in [0, 0.1) is 0 Å². The van der Waals surface area contributed by atoms with E-state index >= 15 is 0 Å². The Morgan fingerprint density at radius 1 is 1.00 bits per heavy atom. The molecular weight excluding hydrogens is 281 g/mol. The fourth-order valence-corrected chi connectivity index (χ4v) is 2.06. The topological polar surface area (TPSA) is 29.1 Å². The summed E-state index contributed by atoms with van der Waals surface area (Å²) in [5.41, 5.74) is 1.97. The maximum Gasteiger partial charge on any atom is 0.235 e. The second-order valence-corrected chi connectivity index (χ2v) is 4.80. The number of nitrogens with one attached hydrogen (secondary N) is 1. The molecule has 19 heavy (non-hydrogen) atoms. The summed E-state index contributed by atoms with van der Waals surface area (Å²) in [6.07, 6.45) is 0. The average Bonchev–Trinajstić information content (AvgIpc) is 2.46. The van der Waals surface area contributed by atoms with E-state index in [1.54, 1.807) is 12.1 Å². The third-order valence-corrected chi connectivity index (χ3v) is 3.26. The SMILES string of the molecule is O=C(CCl)NC(c1ccccc1)c1ccc(Cl)cc1. The van der Waals surface area contributed by atoms with Crippen molar-refractivity contribution in [1.29, 1.82) is 0 Å². The molecule has 98 valence electrons. The van der Waals surface area contributed by atoms with E-state index in [1.807, 2.05) is 42.5 Å². The van der Waals surface area contributed by atoms with Gasteiger partial charge in [-0.3, -0.25) is 4.79 Å². The second-order valence-electron chi connectivity index (χ2n) is 4.10. The van der Waals surface area contributed by atoms with Gasteiger partial charge in [0.1, 0.15) is 5.88 Å². The third kappa shape index (κ3) is 3.72. The van der Waals surface area contributed by atoms with E-state index < -0.39 is 0 Å². The molecule has 1 amide bonds. The molecule has 0 spiro atoms. The molecule has 2 aromatic rings. The predicted octanol–water partition coefficient (Wildman–Crippen LogP) is 3.78. The van der Waals surface area contributed by atoms with Gasteiger partial charge in [-0.2, -0.15) is 0 Å². The molecule has 1 atom stereocenters. The molecule has 0 aromatic heterocycles. The van der Waals surface area contributed by atoms with Gasteiger partial charge in [-0.25, -0.2) is 0 Å². The lowest BCUT2D eigenvalue weighted by Gasteiger charge is -2.19. The van der Waals surface area contributed by atoms with E-state index in [2.05, 4.69) is 5.32 Å². The molecule has 0 radical (unpaired) electrons. The normalized spacial score (nSPS) is 11.9. The molecule has 0 saturated heterocycles. The van der Waals surface area contributed by atoms with Crippen molar-refractivity contribution in [1.82, 2.24) is 5.32 Å². The Morgan fingerprint density at radius 3 is 2.16 bits per heavy atom. The zero-order valence-electron chi connectivity index (χ0n) is 10.1. The predicted molar refractivity (Wildman–Crippen MR) is 78.6 cm³/mol. The van der Waals surface area contributed by atoms with E-state index in [4.69, 9.17) is 23.2 Å². The fourth-order valence-electron chi connectivity index (χ4n) is 1.86. The summed E-state index contributed by atoms with van der Waals surface area (Å²) < 4.78 is 0. The van der Waals surface area contributed by atoms with Crippen LogP contribution in [0.2, 0.25) is 5.02 Å². The van der Waals surface area contributed by atoms with Crippen LogP contribution in [0.4, 0.5) is 0 Å². The Bertz CT molecular complexity index is 540. The summed E-state index contributed by atoms with van der Waals surface area (Å²) in [4.78, 5) is 11.6. The van der Waals surface area contributed by atoms with Crippen LogP contribution in [0.25, 0.3) is 0 Å². The first-order valence-corrected chi connectivity index (χ1v) is 6.77. The van der Waals surface area contributed by atoms with Crippen molar-refractivity contribution in [3.63, 3.8) is 0 Å². The van der Waals surface area contributed by atoms with E-state index in [0.29, 0.717) is 5.02 Å². The minimum Gasteiger partial charge on any atom is -0.344 e. The third-order valence-electron chi connectivity index (χ3n) is 2.76. The Morgan fingerprint density at radius 2 is 1.58 bits per heavy atom. The van der Waals surface area contributed by atoms with Gasteiger partial charge in [0, 0.05) is 5.02 Å². The summed E-state index contributed by atoms with van der Waals surface area (Å²) in [7, 11) is 0. The Balaban J connectivity index is 2.34. The van der Waals surface area contributed by atoms with Gasteiger partial charge in [0.15, 0.2) is 0 Å². The highest BCUT2D eigenvalue weighted by Gasteiger charge is 2.15. The molecule has 0 aliphatic rings. The molecule has 0 aliphatic heterocycles. The summed E-state index contributed by atoms with van der Waals surface area (Å²) in [5.74, 6) is -0.262.